The van der Waals surface area contributed by atoms with E-state index >= 15 is 0 Å². The van der Waals surface area contributed by atoms with Gasteiger partial charge in [-0.3, -0.25) is 0 Å². The smallest absolute Gasteiger partial charge is 0.00695 e. The molecule has 110 valence electrons. The van der Waals surface area contributed by atoms with Gasteiger partial charge in [-0.05, 0) is 44.1 Å². The van der Waals surface area contributed by atoms with Crippen LogP contribution in [0, 0.1) is 11.8 Å². The highest BCUT2D eigenvalue weighted by Gasteiger charge is 2.13. The fourth-order valence-electron chi connectivity index (χ4n) is 2.70. The highest BCUT2D eigenvalue weighted by Crippen LogP contribution is 2.21. The second kappa shape index (κ2) is 12.0. The summed E-state index contributed by atoms with van der Waals surface area (Å²) in [5, 5.41) is 3.74. The third-order valence-corrected chi connectivity index (χ3v) is 3.91. The molecule has 0 fully saturated rings. The van der Waals surface area contributed by atoms with Crippen molar-refractivity contribution in [1.29, 1.82) is 0 Å². The van der Waals surface area contributed by atoms with Crippen LogP contribution in [0.5, 0.6) is 0 Å². The van der Waals surface area contributed by atoms with Gasteiger partial charge in [0.2, 0.25) is 0 Å². The van der Waals surface area contributed by atoms with Crippen molar-refractivity contribution in [2.75, 3.05) is 6.54 Å². The molecule has 1 nitrogen and oxygen atoms in total. The van der Waals surface area contributed by atoms with Crippen molar-refractivity contribution in [3.63, 3.8) is 0 Å². The van der Waals surface area contributed by atoms with Gasteiger partial charge in [0.25, 0.3) is 0 Å². The maximum Gasteiger partial charge on any atom is 0.00695 e. The highest BCUT2D eigenvalue weighted by atomic mass is 14.9. The lowest BCUT2D eigenvalue weighted by atomic mass is 9.90. The Morgan fingerprint density at radius 2 is 1.61 bits per heavy atom. The van der Waals surface area contributed by atoms with Crippen LogP contribution in [0.25, 0.3) is 0 Å². The third kappa shape index (κ3) is 9.94. The Hall–Kier alpha value is -0.0400. The summed E-state index contributed by atoms with van der Waals surface area (Å²) in [6.45, 7) is 12.8. The van der Waals surface area contributed by atoms with Crippen LogP contribution >= 0.6 is 0 Å². The van der Waals surface area contributed by atoms with Crippen molar-refractivity contribution in [2.24, 2.45) is 11.8 Å². The van der Waals surface area contributed by atoms with Gasteiger partial charge in [0.15, 0.2) is 0 Å². The van der Waals surface area contributed by atoms with Crippen LogP contribution in [-0.4, -0.2) is 12.6 Å². The predicted molar refractivity (Wildman–Crippen MR) is 84.1 cm³/mol. The second-order valence-corrected chi connectivity index (χ2v) is 6.27. The Morgan fingerprint density at radius 1 is 0.889 bits per heavy atom. The molecule has 0 aliphatic rings. The predicted octanol–water partition coefficient (Wildman–Crippen LogP) is 5.40. The second-order valence-electron chi connectivity index (χ2n) is 6.27. The molecule has 0 heterocycles. The molecule has 0 rings (SSSR count). The first-order valence-corrected chi connectivity index (χ1v) is 8.37. The van der Waals surface area contributed by atoms with Gasteiger partial charge in [0, 0.05) is 6.04 Å². The lowest BCUT2D eigenvalue weighted by Crippen LogP contribution is -2.31. The number of nitrogens with one attached hydrogen (secondary N) is 1. The maximum absolute atomic E-state index is 3.74. The molecule has 2 unspecified atom stereocenters. The van der Waals surface area contributed by atoms with Crippen LogP contribution in [0.15, 0.2) is 0 Å². The molecule has 0 aromatic carbocycles. The molecule has 0 saturated carbocycles. The van der Waals surface area contributed by atoms with Crippen LogP contribution in [0.1, 0.15) is 86.0 Å². The van der Waals surface area contributed by atoms with Gasteiger partial charge < -0.3 is 5.32 Å². The quantitative estimate of drug-likeness (QED) is 0.492. The van der Waals surface area contributed by atoms with Crippen molar-refractivity contribution in [2.45, 2.75) is 92.0 Å². The molecule has 0 radical (unpaired) electrons. The third-order valence-electron chi connectivity index (χ3n) is 3.91. The van der Waals surface area contributed by atoms with E-state index in [1.807, 2.05) is 0 Å². The van der Waals surface area contributed by atoms with E-state index in [9.17, 15) is 0 Å². The van der Waals surface area contributed by atoms with Gasteiger partial charge in [-0.15, -0.1) is 0 Å². The topological polar surface area (TPSA) is 12.0 Å². The van der Waals surface area contributed by atoms with E-state index in [2.05, 4.69) is 39.9 Å². The molecule has 0 aromatic heterocycles. The lowest BCUT2D eigenvalue weighted by molar-refractivity contribution is 0.338. The molecule has 0 aliphatic carbocycles. The largest absolute Gasteiger partial charge is 0.314 e. The molecular weight excluding hydrogens is 218 g/mol. The van der Waals surface area contributed by atoms with Crippen molar-refractivity contribution in [3.8, 4) is 0 Å². The molecular formula is C17H37N. The first-order valence-electron chi connectivity index (χ1n) is 8.37. The number of hydrogen-bond acceptors (Lipinski definition) is 1. The van der Waals surface area contributed by atoms with E-state index in [-0.39, 0.29) is 0 Å². The Labute approximate surface area is 116 Å². The minimum absolute atomic E-state index is 0.751. The van der Waals surface area contributed by atoms with Crippen molar-refractivity contribution >= 4 is 0 Å². The van der Waals surface area contributed by atoms with E-state index in [0.29, 0.717) is 0 Å². The van der Waals surface area contributed by atoms with E-state index < -0.39 is 0 Å². The zero-order chi connectivity index (χ0) is 13.8. The van der Waals surface area contributed by atoms with Gasteiger partial charge in [0.05, 0.1) is 0 Å². The molecule has 0 amide bonds. The van der Waals surface area contributed by atoms with E-state index in [1.54, 1.807) is 0 Å². The van der Waals surface area contributed by atoms with Crippen LogP contribution < -0.4 is 5.32 Å². The van der Waals surface area contributed by atoms with Gasteiger partial charge in [0.1, 0.15) is 0 Å². The minimum atomic E-state index is 0.751. The number of hydrogen-bond donors (Lipinski definition) is 1. The Kier molecular flexibility index (Phi) is 12.0. The Morgan fingerprint density at radius 3 is 2.11 bits per heavy atom. The van der Waals surface area contributed by atoms with Gasteiger partial charge in [-0.25, -0.2) is 0 Å². The number of rotatable bonds is 12. The fraction of sp³-hybridized carbons (Fsp3) is 1.00. The van der Waals surface area contributed by atoms with Crippen LogP contribution in [0.3, 0.4) is 0 Å². The molecule has 0 bridgehead atoms. The summed E-state index contributed by atoms with van der Waals surface area (Å²) >= 11 is 0. The molecule has 0 spiro atoms. The van der Waals surface area contributed by atoms with E-state index in [0.717, 1.165) is 17.9 Å². The number of unbranched alkanes of at least 4 members (excludes halogenated alkanes) is 1. The summed E-state index contributed by atoms with van der Waals surface area (Å²) < 4.78 is 0. The molecule has 1 heteroatoms. The van der Waals surface area contributed by atoms with Crippen LogP contribution in [0.4, 0.5) is 0 Å². The minimum Gasteiger partial charge on any atom is -0.314 e. The SMILES string of the molecule is CCCCC(CC)CCC(CC(C)C)NCCC. The summed E-state index contributed by atoms with van der Waals surface area (Å²) in [6, 6.07) is 0.751. The average molecular weight is 255 g/mol. The summed E-state index contributed by atoms with van der Waals surface area (Å²) in [4.78, 5) is 0. The van der Waals surface area contributed by atoms with Crippen molar-refractivity contribution in [3.05, 3.63) is 0 Å². The Bertz CT molecular complexity index is 165. The van der Waals surface area contributed by atoms with E-state index in [4.69, 9.17) is 0 Å². The molecule has 0 aliphatic heterocycles. The molecule has 0 aromatic rings. The molecule has 2 atom stereocenters. The molecule has 18 heavy (non-hydrogen) atoms. The first kappa shape index (κ1) is 18.0. The zero-order valence-corrected chi connectivity index (χ0v) is 13.6. The molecule has 1 N–H and O–H groups in total. The zero-order valence-electron chi connectivity index (χ0n) is 13.6. The first-order chi connectivity index (χ1) is 8.63. The average Bonchev–Trinajstić information content (AvgIpc) is 2.35. The standard InChI is InChI=1S/C17H37N/c1-6-9-10-16(8-3)11-12-17(14-15(4)5)18-13-7-2/h15-18H,6-14H2,1-5H3. The highest BCUT2D eigenvalue weighted by molar-refractivity contribution is 4.71. The van der Waals surface area contributed by atoms with Crippen LogP contribution in [0.2, 0.25) is 0 Å². The lowest BCUT2D eigenvalue weighted by Gasteiger charge is -2.23. The molecule has 0 saturated heterocycles. The Balaban J connectivity index is 3.96. The summed E-state index contributed by atoms with van der Waals surface area (Å²) in [5.41, 5.74) is 0. The van der Waals surface area contributed by atoms with Gasteiger partial charge in [-0.2, -0.15) is 0 Å². The summed E-state index contributed by atoms with van der Waals surface area (Å²) in [7, 11) is 0. The van der Waals surface area contributed by atoms with Gasteiger partial charge >= 0.3 is 0 Å². The summed E-state index contributed by atoms with van der Waals surface area (Å²) in [6.07, 6.45) is 10.9. The van der Waals surface area contributed by atoms with E-state index in [1.165, 1.54) is 57.9 Å². The van der Waals surface area contributed by atoms with Crippen molar-refractivity contribution in [1.82, 2.24) is 5.32 Å². The van der Waals surface area contributed by atoms with Crippen LogP contribution in [-0.2, 0) is 0 Å². The maximum atomic E-state index is 3.74. The summed E-state index contributed by atoms with van der Waals surface area (Å²) in [5.74, 6) is 1.78. The normalized spacial score (nSPS) is 15.0. The van der Waals surface area contributed by atoms with Crippen molar-refractivity contribution < 1.29 is 0 Å². The fourth-order valence-corrected chi connectivity index (χ4v) is 2.70. The monoisotopic (exact) mass is 255 g/mol. The van der Waals surface area contributed by atoms with Gasteiger partial charge in [-0.1, -0.05) is 60.3 Å².